The summed E-state index contributed by atoms with van der Waals surface area (Å²) in [7, 11) is 0. The predicted octanol–water partition coefficient (Wildman–Crippen LogP) is 2.46. The molecule has 24 heavy (non-hydrogen) atoms. The second kappa shape index (κ2) is 7.53. The molecule has 122 valence electrons. The zero-order chi connectivity index (χ0) is 16.8. The largest absolute Gasteiger partial charge is 0.381 e. The van der Waals surface area contributed by atoms with Gasteiger partial charge in [0.25, 0.3) is 0 Å². The lowest BCUT2D eigenvalue weighted by atomic mass is 9.99. The third kappa shape index (κ3) is 4.06. The molecule has 1 aromatic heterocycles. The Morgan fingerprint density at radius 1 is 1.17 bits per heavy atom. The van der Waals surface area contributed by atoms with Crippen molar-refractivity contribution in [2.45, 2.75) is 12.8 Å². The molecule has 1 amide bonds. The molecule has 1 saturated heterocycles. The van der Waals surface area contributed by atoms with Crippen molar-refractivity contribution in [2.75, 3.05) is 23.8 Å². The molecule has 0 spiro atoms. The van der Waals surface area contributed by atoms with E-state index in [4.69, 9.17) is 10.00 Å². The summed E-state index contributed by atoms with van der Waals surface area (Å²) in [6.45, 7) is 1.24. The standard InChI is InChI=1S/C17H17N5O2/c18-11-12-2-1-3-14(10-12)19-15-4-5-16(22-21-15)20-17(23)13-6-8-24-9-7-13/h1-5,10,13H,6-9H2,(H,19,21)(H,20,22,23). The van der Waals surface area contributed by atoms with Crippen LogP contribution in [0.3, 0.4) is 0 Å². The average molecular weight is 323 g/mol. The van der Waals surface area contributed by atoms with Gasteiger partial charge in [-0.05, 0) is 43.2 Å². The minimum absolute atomic E-state index is 0.0351. The zero-order valence-electron chi connectivity index (χ0n) is 13.0. The topological polar surface area (TPSA) is 99.9 Å². The molecule has 1 aromatic carbocycles. The number of nitrogens with zero attached hydrogens (tertiary/aromatic N) is 3. The monoisotopic (exact) mass is 323 g/mol. The van der Waals surface area contributed by atoms with Gasteiger partial charge in [0, 0.05) is 24.8 Å². The molecule has 1 aliphatic rings. The van der Waals surface area contributed by atoms with E-state index in [-0.39, 0.29) is 11.8 Å². The van der Waals surface area contributed by atoms with Crippen LogP contribution in [0.1, 0.15) is 18.4 Å². The van der Waals surface area contributed by atoms with Gasteiger partial charge in [0.05, 0.1) is 11.6 Å². The Hall–Kier alpha value is -2.98. The summed E-state index contributed by atoms with van der Waals surface area (Å²) in [4.78, 5) is 12.1. The lowest BCUT2D eigenvalue weighted by Gasteiger charge is -2.20. The van der Waals surface area contributed by atoms with Gasteiger partial charge in [-0.15, -0.1) is 10.2 Å². The number of carbonyl (C=O) groups is 1. The molecule has 7 heteroatoms. The van der Waals surface area contributed by atoms with Crippen molar-refractivity contribution in [3.8, 4) is 6.07 Å². The Balaban J connectivity index is 1.60. The van der Waals surface area contributed by atoms with Crippen molar-refractivity contribution in [1.82, 2.24) is 10.2 Å². The molecular formula is C17H17N5O2. The summed E-state index contributed by atoms with van der Waals surface area (Å²) in [5.74, 6) is 0.874. The van der Waals surface area contributed by atoms with Crippen molar-refractivity contribution in [1.29, 1.82) is 5.26 Å². The maximum absolute atomic E-state index is 12.1. The van der Waals surface area contributed by atoms with Gasteiger partial charge in [0.2, 0.25) is 5.91 Å². The van der Waals surface area contributed by atoms with Crippen LogP contribution < -0.4 is 10.6 Å². The maximum atomic E-state index is 12.1. The van der Waals surface area contributed by atoms with Gasteiger partial charge in [-0.25, -0.2) is 0 Å². The second-order valence-electron chi connectivity index (χ2n) is 5.50. The summed E-state index contributed by atoms with van der Waals surface area (Å²) in [6.07, 6.45) is 1.46. The molecule has 2 aromatic rings. The number of nitriles is 1. The molecule has 3 rings (SSSR count). The normalized spacial score (nSPS) is 14.6. The van der Waals surface area contributed by atoms with E-state index in [0.717, 1.165) is 18.5 Å². The van der Waals surface area contributed by atoms with Crippen LogP contribution in [-0.4, -0.2) is 29.3 Å². The maximum Gasteiger partial charge on any atom is 0.228 e. The van der Waals surface area contributed by atoms with Gasteiger partial charge in [-0.1, -0.05) is 6.07 Å². The Morgan fingerprint density at radius 2 is 1.92 bits per heavy atom. The van der Waals surface area contributed by atoms with E-state index < -0.39 is 0 Å². The smallest absolute Gasteiger partial charge is 0.228 e. The molecule has 1 fully saturated rings. The SMILES string of the molecule is N#Cc1cccc(Nc2ccc(NC(=O)C3CCOCC3)nn2)c1. The molecule has 0 radical (unpaired) electrons. The summed E-state index contributed by atoms with van der Waals surface area (Å²) in [5, 5.41) is 22.8. The van der Waals surface area contributed by atoms with Crippen LogP contribution in [0.5, 0.6) is 0 Å². The molecule has 1 aliphatic heterocycles. The number of rotatable bonds is 4. The number of benzene rings is 1. The van der Waals surface area contributed by atoms with Gasteiger partial charge in [0.15, 0.2) is 11.6 Å². The highest BCUT2D eigenvalue weighted by Crippen LogP contribution is 2.18. The third-order valence-electron chi connectivity index (χ3n) is 3.77. The van der Waals surface area contributed by atoms with Gasteiger partial charge >= 0.3 is 0 Å². The number of aromatic nitrogens is 2. The summed E-state index contributed by atoms with van der Waals surface area (Å²) < 4.78 is 5.25. The van der Waals surface area contributed by atoms with Gasteiger partial charge < -0.3 is 15.4 Å². The van der Waals surface area contributed by atoms with Gasteiger partial charge in [-0.2, -0.15) is 5.26 Å². The minimum atomic E-state index is -0.0463. The fourth-order valence-electron chi connectivity index (χ4n) is 2.47. The Morgan fingerprint density at radius 3 is 2.62 bits per heavy atom. The highest BCUT2D eigenvalue weighted by Gasteiger charge is 2.21. The van der Waals surface area contributed by atoms with Crippen LogP contribution in [-0.2, 0) is 9.53 Å². The highest BCUT2D eigenvalue weighted by atomic mass is 16.5. The van der Waals surface area contributed by atoms with Gasteiger partial charge in [-0.3, -0.25) is 4.79 Å². The van der Waals surface area contributed by atoms with Crippen molar-refractivity contribution in [3.63, 3.8) is 0 Å². The number of anilines is 3. The number of nitrogens with one attached hydrogen (secondary N) is 2. The van der Waals surface area contributed by atoms with Crippen LogP contribution in [0.2, 0.25) is 0 Å². The van der Waals surface area contributed by atoms with Crippen LogP contribution in [0, 0.1) is 17.2 Å². The summed E-state index contributed by atoms with van der Waals surface area (Å²) >= 11 is 0. The van der Waals surface area contributed by atoms with E-state index in [0.29, 0.717) is 30.4 Å². The average Bonchev–Trinajstić information content (AvgIpc) is 2.64. The summed E-state index contributed by atoms with van der Waals surface area (Å²) in [6, 6.07) is 12.6. The fraction of sp³-hybridized carbons (Fsp3) is 0.294. The number of hydrogen-bond acceptors (Lipinski definition) is 6. The van der Waals surface area contributed by atoms with Crippen molar-refractivity contribution in [2.24, 2.45) is 5.92 Å². The van der Waals surface area contributed by atoms with Crippen LogP contribution in [0.4, 0.5) is 17.3 Å². The molecule has 7 nitrogen and oxygen atoms in total. The number of hydrogen-bond donors (Lipinski definition) is 2. The van der Waals surface area contributed by atoms with Gasteiger partial charge in [0.1, 0.15) is 0 Å². The molecular weight excluding hydrogens is 306 g/mol. The fourth-order valence-corrected chi connectivity index (χ4v) is 2.47. The summed E-state index contributed by atoms with van der Waals surface area (Å²) in [5.41, 5.74) is 1.32. The first-order chi connectivity index (χ1) is 11.7. The predicted molar refractivity (Wildman–Crippen MR) is 88.6 cm³/mol. The molecule has 2 heterocycles. The Labute approximate surface area is 139 Å². The van der Waals surface area contributed by atoms with E-state index in [1.54, 1.807) is 30.3 Å². The molecule has 2 N–H and O–H groups in total. The van der Waals surface area contributed by atoms with E-state index in [1.165, 1.54) is 0 Å². The molecule has 0 atom stereocenters. The first-order valence-corrected chi connectivity index (χ1v) is 7.74. The lowest BCUT2D eigenvalue weighted by Crippen LogP contribution is -2.28. The first kappa shape index (κ1) is 15.9. The quantitative estimate of drug-likeness (QED) is 0.896. The van der Waals surface area contributed by atoms with Crippen molar-refractivity contribution < 1.29 is 9.53 Å². The van der Waals surface area contributed by atoms with E-state index in [2.05, 4.69) is 26.9 Å². The molecule has 0 unspecified atom stereocenters. The van der Waals surface area contributed by atoms with Crippen molar-refractivity contribution >= 4 is 23.2 Å². The highest BCUT2D eigenvalue weighted by molar-refractivity contribution is 5.91. The molecule has 0 saturated carbocycles. The van der Waals surface area contributed by atoms with Crippen LogP contribution in [0.15, 0.2) is 36.4 Å². The number of ether oxygens (including phenoxy) is 1. The molecule has 0 bridgehead atoms. The number of carbonyl (C=O) groups excluding carboxylic acids is 1. The van der Waals surface area contributed by atoms with E-state index in [1.807, 2.05) is 6.07 Å². The Bertz CT molecular complexity index is 748. The third-order valence-corrected chi connectivity index (χ3v) is 3.77. The second-order valence-corrected chi connectivity index (χ2v) is 5.50. The van der Waals surface area contributed by atoms with Crippen molar-refractivity contribution in [3.05, 3.63) is 42.0 Å². The molecule has 0 aliphatic carbocycles. The van der Waals surface area contributed by atoms with E-state index >= 15 is 0 Å². The first-order valence-electron chi connectivity index (χ1n) is 7.74. The lowest BCUT2D eigenvalue weighted by molar-refractivity contribution is -0.122. The van der Waals surface area contributed by atoms with E-state index in [9.17, 15) is 4.79 Å². The van der Waals surface area contributed by atoms with Crippen LogP contribution >= 0.6 is 0 Å². The van der Waals surface area contributed by atoms with Crippen LogP contribution in [0.25, 0.3) is 0 Å². The minimum Gasteiger partial charge on any atom is -0.381 e. The number of amides is 1. The Kier molecular flexibility index (Phi) is 4.99. The zero-order valence-corrected chi connectivity index (χ0v) is 13.0.